The zero-order valence-corrected chi connectivity index (χ0v) is 9.73. The highest BCUT2D eigenvalue weighted by molar-refractivity contribution is 5.93. The molecule has 6 heteroatoms. The van der Waals surface area contributed by atoms with Crippen molar-refractivity contribution < 1.29 is 19.1 Å². The number of hydrogen-bond donors (Lipinski definition) is 1. The fourth-order valence-corrected chi connectivity index (χ4v) is 1.17. The molecule has 0 saturated carbocycles. The molecule has 0 atom stereocenters. The van der Waals surface area contributed by atoms with Gasteiger partial charge in [-0.25, -0.2) is 14.6 Å². The van der Waals surface area contributed by atoms with E-state index in [0.29, 0.717) is 0 Å². The lowest BCUT2D eigenvalue weighted by Gasteiger charge is -2.05. The SMILES string of the molecule is CCOC(=O)c1cc(N)cc(C(=O)OCC)n1. The molecule has 0 amide bonds. The fourth-order valence-electron chi connectivity index (χ4n) is 1.17. The van der Waals surface area contributed by atoms with Gasteiger partial charge in [-0.2, -0.15) is 0 Å². The molecule has 0 aliphatic heterocycles. The molecule has 0 aliphatic rings. The second-order valence-corrected chi connectivity index (χ2v) is 3.11. The maximum Gasteiger partial charge on any atom is 0.357 e. The number of nitrogen functional groups attached to an aromatic ring is 1. The first-order valence-electron chi connectivity index (χ1n) is 5.20. The number of pyridine rings is 1. The van der Waals surface area contributed by atoms with E-state index in [1.165, 1.54) is 12.1 Å². The van der Waals surface area contributed by atoms with Crippen molar-refractivity contribution in [2.75, 3.05) is 18.9 Å². The van der Waals surface area contributed by atoms with Crippen LogP contribution in [-0.2, 0) is 9.47 Å². The summed E-state index contributed by atoms with van der Waals surface area (Å²) in [4.78, 5) is 26.7. The Hall–Kier alpha value is -2.11. The summed E-state index contributed by atoms with van der Waals surface area (Å²) in [6.45, 7) is 3.81. The summed E-state index contributed by atoms with van der Waals surface area (Å²) >= 11 is 0. The Morgan fingerprint density at radius 2 is 1.53 bits per heavy atom. The quantitative estimate of drug-likeness (QED) is 0.787. The van der Waals surface area contributed by atoms with Crippen molar-refractivity contribution in [3.8, 4) is 0 Å². The third-order valence-electron chi connectivity index (χ3n) is 1.82. The van der Waals surface area contributed by atoms with E-state index in [-0.39, 0.29) is 30.3 Å². The first-order valence-corrected chi connectivity index (χ1v) is 5.20. The van der Waals surface area contributed by atoms with E-state index in [1.807, 2.05) is 0 Å². The van der Waals surface area contributed by atoms with Crippen molar-refractivity contribution in [2.24, 2.45) is 0 Å². The molecule has 0 saturated heterocycles. The molecule has 17 heavy (non-hydrogen) atoms. The minimum atomic E-state index is -0.620. The molecule has 1 aromatic heterocycles. The molecule has 1 rings (SSSR count). The highest BCUT2D eigenvalue weighted by Crippen LogP contribution is 2.10. The highest BCUT2D eigenvalue weighted by Gasteiger charge is 2.15. The van der Waals surface area contributed by atoms with Crippen LogP contribution in [0.1, 0.15) is 34.8 Å². The van der Waals surface area contributed by atoms with Gasteiger partial charge in [0, 0.05) is 5.69 Å². The number of rotatable bonds is 4. The van der Waals surface area contributed by atoms with Crippen molar-refractivity contribution >= 4 is 17.6 Å². The molecule has 0 aliphatic carbocycles. The molecular formula is C11H14N2O4. The zero-order valence-electron chi connectivity index (χ0n) is 9.73. The third-order valence-corrected chi connectivity index (χ3v) is 1.82. The van der Waals surface area contributed by atoms with Gasteiger partial charge < -0.3 is 15.2 Å². The van der Waals surface area contributed by atoms with Crippen molar-refractivity contribution in [2.45, 2.75) is 13.8 Å². The maximum absolute atomic E-state index is 11.4. The molecule has 0 radical (unpaired) electrons. The van der Waals surface area contributed by atoms with Gasteiger partial charge >= 0.3 is 11.9 Å². The van der Waals surface area contributed by atoms with Crippen molar-refractivity contribution in [1.29, 1.82) is 0 Å². The Kier molecular flexibility index (Phi) is 4.45. The van der Waals surface area contributed by atoms with E-state index in [4.69, 9.17) is 15.2 Å². The van der Waals surface area contributed by atoms with E-state index in [9.17, 15) is 9.59 Å². The highest BCUT2D eigenvalue weighted by atomic mass is 16.5. The number of aromatic nitrogens is 1. The molecule has 1 aromatic rings. The number of esters is 2. The Bertz CT molecular complexity index is 395. The van der Waals surface area contributed by atoms with Crippen LogP contribution in [-0.4, -0.2) is 30.1 Å². The van der Waals surface area contributed by atoms with Gasteiger partial charge in [-0.1, -0.05) is 0 Å². The number of nitrogens with zero attached hydrogens (tertiary/aromatic N) is 1. The lowest BCUT2D eigenvalue weighted by molar-refractivity contribution is 0.0511. The lowest BCUT2D eigenvalue weighted by Crippen LogP contribution is -2.13. The van der Waals surface area contributed by atoms with E-state index < -0.39 is 11.9 Å². The summed E-state index contributed by atoms with van der Waals surface area (Å²) in [6.07, 6.45) is 0. The van der Waals surface area contributed by atoms with Gasteiger partial charge in [-0.15, -0.1) is 0 Å². The topological polar surface area (TPSA) is 91.5 Å². The first-order chi connectivity index (χ1) is 8.08. The summed E-state index contributed by atoms with van der Waals surface area (Å²) in [7, 11) is 0. The van der Waals surface area contributed by atoms with Gasteiger partial charge in [-0.05, 0) is 26.0 Å². The monoisotopic (exact) mass is 238 g/mol. The van der Waals surface area contributed by atoms with Crippen LogP contribution in [0.15, 0.2) is 12.1 Å². The van der Waals surface area contributed by atoms with Gasteiger partial charge in [-0.3, -0.25) is 0 Å². The molecule has 92 valence electrons. The minimum Gasteiger partial charge on any atom is -0.461 e. The Morgan fingerprint density at radius 1 is 1.12 bits per heavy atom. The second kappa shape index (κ2) is 5.83. The van der Waals surface area contributed by atoms with Crippen LogP contribution in [0.5, 0.6) is 0 Å². The van der Waals surface area contributed by atoms with Crippen LogP contribution in [0.2, 0.25) is 0 Å². The first kappa shape index (κ1) is 13.0. The number of nitrogens with two attached hydrogens (primary N) is 1. The van der Waals surface area contributed by atoms with Crippen LogP contribution in [0.4, 0.5) is 5.69 Å². The molecule has 0 spiro atoms. The largest absolute Gasteiger partial charge is 0.461 e. The second-order valence-electron chi connectivity index (χ2n) is 3.11. The summed E-state index contributed by atoms with van der Waals surface area (Å²) in [5, 5.41) is 0. The van der Waals surface area contributed by atoms with Gasteiger partial charge in [0.1, 0.15) is 0 Å². The lowest BCUT2D eigenvalue weighted by atomic mass is 10.2. The van der Waals surface area contributed by atoms with Crippen LogP contribution in [0.25, 0.3) is 0 Å². The summed E-state index contributed by atoms with van der Waals surface area (Å²) < 4.78 is 9.54. The number of carbonyl (C=O) groups is 2. The van der Waals surface area contributed by atoms with E-state index >= 15 is 0 Å². The molecule has 0 unspecified atom stereocenters. The van der Waals surface area contributed by atoms with Crippen LogP contribution in [0.3, 0.4) is 0 Å². The number of carbonyl (C=O) groups excluding carboxylic acids is 2. The molecule has 0 aromatic carbocycles. The average Bonchev–Trinajstić information content (AvgIpc) is 2.29. The molecule has 1 heterocycles. The van der Waals surface area contributed by atoms with Gasteiger partial charge in [0.15, 0.2) is 11.4 Å². The average molecular weight is 238 g/mol. The summed E-state index contributed by atoms with van der Waals surface area (Å²) in [6, 6.07) is 2.70. The molecule has 0 bridgehead atoms. The predicted octanol–water partition coefficient (Wildman–Crippen LogP) is 1.02. The summed E-state index contributed by atoms with van der Waals surface area (Å²) in [5.74, 6) is -1.24. The smallest absolute Gasteiger partial charge is 0.357 e. The number of hydrogen-bond acceptors (Lipinski definition) is 6. The molecule has 2 N–H and O–H groups in total. The normalized spacial score (nSPS) is 9.76. The standard InChI is InChI=1S/C11H14N2O4/c1-3-16-10(14)8-5-7(12)6-9(13-8)11(15)17-4-2/h5-6H,3-4H2,1-2H3,(H2,12,13). The number of anilines is 1. The van der Waals surface area contributed by atoms with Crippen LogP contribution >= 0.6 is 0 Å². The fraction of sp³-hybridized carbons (Fsp3) is 0.364. The van der Waals surface area contributed by atoms with E-state index in [2.05, 4.69) is 4.98 Å². The van der Waals surface area contributed by atoms with Crippen LogP contribution in [0, 0.1) is 0 Å². The summed E-state index contributed by atoms with van der Waals surface area (Å²) in [5.41, 5.74) is 5.82. The predicted molar refractivity (Wildman–Crippen MR) is 60.6 cm³/mol. The van der Waals surface area contributed by atoms with Gasteiger partial charge in [0.2, 0.25) is 0 Å². The van der Waals surface area contributed by atoms with E-state index in [0.717, 1.165) is 0 Å². The molecule has 6 nitrogen and oxygen atoms in total. The third kappa shape index (κ3) is 3.44. The van der Waals surface area contributed by atoms with Gasteiger partial charge in [0.05, 0.1) is 13.2 Å². The zero-order chi connectivity index (χ0) is 12.8. The van der Waals surface area contributed by atoms with Crippen molar-refractivity contribution in [3.63, 3.8) is 0 Å². The molecular weight excluding hydrogens is 224 g/mol. The van der Waals surface area contributed by atoms with Gasteiger partial charge in [0.25, 0.3) is 0 Å². The maximum atomic E-state index is 11.4. The number of ether oxygens (including phenoxy) is 2. The Labute approximate surface area is 98.7 Å². The van der Waals surface area contributed by atoms with Crippen LogP contribution < -0.4 is 5.73 Å². The van der Waals surface area contributed by atoms with Crippen molar-refractivity contribution in [1.82, 2.24) is 4.98 Å². The minimum absolute atomic E-state index is 0.00472. The molecule has 0 fully saturated rings. The Morgan fingerprint density at radius 3 is 1.88 bits per heavy atom. The Balaban J connectivity index is 3.01. The van der Waals surface area contributed by atoms with Crippen molar-refractivity contribution in [3.05, 3.63) is 23.5 Å². The van der Waals surface area contributed by atoms with E-state index in [1.54, 1.807) is 13.8 Å².